The Kier molecular flexibility index (Phi) is 4.47. The van der Waals surface area contributed by atoms with E-state index in [9.17, 15) is 0 Å². The molecule has 4 heterocycles. The second kappa shape index (κ2) is 7.40. The highest BCUT2D eigenvalue weighted by atomic mass is 16.3. The van der Waals surface area contributed by atoms with E-state index < -0.39 is 0 Å². The first-order valence-corrected chi connectivity index (χ1v) is 9.57. The minimum absolute atomic E-state index is 0.473. The Morgan fingerprint density at radius 1 is 0.893 bits per heavy atom. The quantitative estimate of drug-likeness (QED) is 0.582. The Morgan fingerprint density at radius 3 is 2.50 bits per heavy atom. The van der Waals surface area contributed by atoms with Crippen LogP contribution in [0.1, 0.15) is 18.9 Å². The van der Waals surface area contributed by atoms with Crippen LogP contribution < -0.4 is 5.32 Å². The van der Waals surface area contributed by atoms with Crippen molar-refractivity contribution in [1.82, 2.24) is 25.1 Å². The number of piperidine rings is 1. The van der Waals surface area contributed by atoms with Crippen LogP contribution in [0.5, 0.6) is 0 Å². The van der Waals surface area contributed by atoms with Crippen molar-refractivity contribution in [3.05, 3.63) is 67.6 Å². The van der Waals surface area contributed by atoms with Gasteiger partial charge in [0.25, 0.3) is 0 Å². The molecule has 4 aromatic rings. The second-order valence-electron chi connectivity index (χ2n) is 7.08. The lowest BCUT2D eigenvalue weighted by Crippen LogP contribution is -2.29. The summed E-state index contributed by atoms with van der Waals surface area (Å²) in [6.45, 7) is 2.10. The van der Waals surface area contributed by atoms with Crippen LogP contribution >= 0.6 is 0 Å². The van der Waals surface area contributed by atoms with Crippen LogP contribution in [-0.2, 0) is 0 Å². The molecule has 0 unspecified atom stereocenters. The van der Waals surface area contributed by atoms with E-state index in [-0.39, 0.29) is 0 Å². The number of hydrogen-bond acceptors (Lipinski definition) is 5. The van der Waals surface area contributed by atoms with Gasteiger partial charge in [0.05, 0.1) is 24.8 Å². The lowest BCUT2D eigenvalue weighted by molar-refractivity contribution is 0.343. The molecule has 6 nitrogen and oxygen atoms in total. The minimum Gasteiger partial charge on any atom is -0.472 e. The van der Waals surface area contributed by atoms with E-state index in [1.165, 1.54) is 0 Å². The Bertz CT molecular complexity index is 1050. The monoisotopic (exact) mass is 371 g/mol. The fourth-order valence-electron chi connectivity index (χ4n) is 3.65. The summed E-state index contributed by atoms with van der Waals surface area (Å²) >= 11 is 0. The van der Waals surface area contributed by atoms with Crippen LogP contribution in [0.4, 0.5) is 0 Å². The smallest absolute Gasteiger partial charge is 0.159 e. The van der Waals surface area contributed by atoms with Crippen molar-refractivity contribution in [2.24, 2.45) is 0 Å². The Labute approximate surface area is 163 Å². The lowest BCUT2D eigenvalue weighted by atomic mass is 10.1. The van der Waals surface area contributed by atoms with Crippen LogP contribution in [-0.4, -0.2) is 32.8 Å². The summed E-state index contributed by atoms with van der Waals surface area (Å²) in [6, 6.07) is 10.6. The van der Waals surface area contributed by atoms with Gasteiger partial charge < -0.3 is 9.73 Å². The van der Waals surface area contributed by atoms with E-state index in [1.54, 1.807) is 12.5 Å². The van der Waals surface area contributed by atoms with Crippen molar-refractivity contribution >= 4 is 0 Å². The third kappa shape index (κ3) is 3.34. The highest BCUT2D eigenvalue weighted by molar-refractivity contribution is 5.70. The van der Waals surface area contributed by atoms with Crippen molar-refractivity contribution in [1.29, 1.82) is 0 Å². The van der Waals surface area contributed by atoms with Gasteiger partial charge in [-0.1, -0.05) is 18.2 Å². The molecule has 1 aliphatic rings. The summed E-state index contributed by atoms with van der Waals surface area (Å²) in [5.41, 5.74) is 5.15. The summed E-state index contributed by atoms with van der Waals surface area (Å²) < 4.78 is 7.26. The fourth-order valence-corrected chi connectivity index (χ4v) is 3.65. The van der Waals surface area contributed by atoms with Gasteiger partial charge in [0.1, 0.15) is 0 Å². The van der Waals surface area contributed by atoms with Gasteiger partial charge in [-0.2, -0.15) is 5.10 Å². The molecule has 1 fully saturated rings. The maximum atomic E-state index is 5.18. The summed E-state index contributed by atoms with van der Waals surface area (Å²) in [5.74, 6) is 0.708. The molecular formula is C22H21N5O. The Morgan fingerprint density at radius 2 is 1.71 bits per heavy atom. The molecule has 0 radical (unpaired) electrons. The first kappa shape index (κ1) is 16.9. The number of furan rings is 1. The molecule has 1 saturated heterocycles. The SMILES string of the molecule is c1cc(-c2ccoc2)cc(-c2ncc(-c3cnn(C4CCNCC4)c3)cn2)c1. The van der Waals surface area contributed by atoms with Gasteiger partial charge >= 0.3 is 0 Å². The number of nitrogens with one attached hydrogen (secondary N) is 1. The number of aromatic nitrogens is 4. The zero-order chi connectivity index (χ0) is 18.8. The highest BCUT2D eigenvalue weighted by Gasteiger charge is 2.16. The molecule has 5 rings (SSSR count). The van der Waals surface area contributed by atoms with Gasteiger partial charge in [0.2, 0.25) is 0 Å². The molecule has 1 aliphatic heterocycles. The van der Waals surface area contributed by atoms with Gasteiger partial charge in [-0.3, -0.25) is 4.68 Å². The molecule has 0 aliphatic carbocycles. The molecule has 0 spiro atoms. The van der Waals surface area contributed by atoms with E-state index in [1.807, 2.05) is 36.8 Å². The van der Waals surface area contributed by atoms with Gasteiger partial charge in [0, 0.05) is 40.8 Å². The normalized spacial score (nSPS) is 15.0. The van der Waals surface area contributed by atoms with E-state index in [2.05, 4.69) is 43.4 Å². The molecule has 0 saturated carbocycles. The molecule has 28 heavy (non-hydrogen) atoms. The molecule has 1 aromatic carbocycles. The maximum absolute atomic E-state index is 5.18. The van der Waals surface area contributed by atoms with Crippen LogP contribution in [0.2, 0.25) is 0 Å². The van der Waals surface area contributed by atoms with E-state index in [4.69, 9.17) is 4.42 Å². The highest BCUT2D eigenvalue weighted by Crippen LogP contribution is 2.26. The Balaban J connectivity index is 1.38. The van der Waals surface area contributed by atoms with Gasteiger partial charge in [-0.05, 0) is 43.6 Å². The molecule has 3 aromatic heterocycles. The van der Waals surface area contributed by atoms with E-state index in [0.29, 0.717) is 11.9 Å². The number of hydrogen-bond donors (Lipinski definition) is 1. The van der Waals surface area contributed by atoms with Crippen LogP contribution in [0.3, 0.4) is 0 Å². The summed E-state index contributed by atoms with van der Waals surface area (Å²) in [7, 11) is 0. The van der Waals surface area contributed by atoms with Crippen molar-refractivity contribution < 1.29 is 4.42 Å². The third-order valence-corrected chi connectivity index (χ3v) is 5.24. The van der Waals surface area contributed by atoms with Crippen LogP contribution in [0, 0.1) is 0 Å². The van der Waals surface area contributed by atoms with Crippen molar-refractivity contribution in [2.75, 3.05) is 13.1 Å². The molecule has 1 N–H and O–H groups in total. The zero-order valence-corrected chi connectivity index (χ0v) is 15.5. The molecule has 140 valence electrons. The first-order chi connectivity index (χ1) is 13.9. The predicted molar refractivity (Wildman–Crippen MR) is 108 cm³/mol. The van der Waals surface area contributed by atoms with Crippen molar-refractivity contribution in [2.45, 2.75) is 18.9 Å². The topological polar surface area (TPSA) is 68.8 Å². The van der Waals surface area contributed by atoms with Crippen LogP contribution in [0.25, 0.3) is 33.6 Å². The van der Waals surface area contributed by atoms with Crippen molar-refractivity contribution in [3.63, 3.8) is 0 Å². The summed E-state index contributed by atoms with van der Waals surface area (Å²) in [4.78, 5) is 9.18. The molecule has 0 bridgehead atoms. The average molecular weight is 371 g/mol. The fraction of sp³-hybridized carbons (Fsp3) is 0.227. The number of rotatable bonds is 4. The molecule has 0 amide bonds. The Hall–Kier alpha value is -3.25. The maximum Gasteiger partial charge on any atom is 0.159 e. The van der Waals surface area contributed by atoms with Crippen LogP contribution in [0.15, 0.2) is 72.1 Å². The minimum atomic E-state index is 0.473. The zero-order valence-electron chi connectivity index (χ0n) is 15.5. The molecule has 0 atom stereocenters. The van der Waals surface area contributed by atoms with E-state index >= 15 is 0 Å². The van der Waals surface area contributed by atoms with Gasteiger partial charge in [-0.15, -0.1) is 0 Å². The van der Waals surface area contributed by atoms with Gasteiger partial charge in [0.15, 0.2) is 5.82 Å². The largest absolute Gasteiger partial charge is 0.472 e. The van der Waals surface area contributed by atoms with Gasteiger partial charge in [-0.25, -0.2) is 9.97 Å². The third-order valence-electron chi connectivity index (χ3n) is 5.24. The molecule has 6 heteroatoms. The number of nitrogens with zero attached hydrogens (tertiary/aromatic N) is 4. The average Bonchev–Trinajstić information content (AvgIpc) is 3.47. The summed E-state index contributed by atoms with van der Waals surface area (Å²) in [5, 5.41) is 7.95. The predicted octanol–water partition coefficient (Wildman–Crippen LogP) is 4.19. The van der Waals surface area contributed by atoms with Crippen molar-refractivity contribution in [3.8, 4) is 33.6 Å². The second-order valence-corrected chi connectivity index (χ2v) is 7.08. The first-order valence-electron chi connectivity index (χ1n) is 9.57. The lowest BCUT2D eigenvalue weighted by Gasteiger charge is -2.22. The number of benzene rings is 1. The molecular weight excluding hydrogens is 350 g/mol. The van der Waals surface area contributed by atoms with E-state index in [0.717, 1.165) is 53.7 Å². The standard InChI is InChI=1S/C22H21N5O/c1-2-16(18-6-9-28-15-18)10-17(3-1)22-24-11-19(12-25-22)20-13-26-27(14-20)21-4-7-23-8-5-21/h1-3,6,9-15,21,23H,4-5,7-8H2. The summed E-state index contributed by atoms with van der Waals surface area (Å²) in [6.07, 6.45) is 13.4.